The van der Waals surface area contributed by atoms with E-state index in [1.165, 1.54) is 7.11 Å². The van der Waals surface area contributed by atoms with Crippen LogP contribution in [0.5, 0.6) is 5.75 Å². The van der Waals surface area contributed by atoms with Crippen molar-refractivity contribution in [2.24, 2.45) is 0 Å². The molecule has 0 aliphatic heterocycles. The summed E-state index contributed by atoms with van der Waals surface area (Å²) in [5.41, 5.74) is 0. The predicted molar refractivity (Wildman–Crippen MR) is 62.4 cm³/mol. The molecule has 0 heterocycles. The quantitative estimate of drug-likeness (QED) is 0.593. The van der Waals surface area contributed by atoms with Gasteiger partial charge < -0.3 is 9.84 Å². The van der Waals surface area contributed by atoms with Crippen molar-refractivity contribution >= 4 is 15.4 Å². The number of nitrogens with one attached hydrogen (secondary N) is 1. The average molecular weight is 229 g/mol. The summed E-state index contributed by atoms with van der Waals surface area (Å²) in [7, 11) is 3.60. The predicted octanol–water partition coefficient (Wildman–Crippen LogP) is 1.32. The van der Waals surface area contributed by atoms with E-state index in [4.69, 9.17) is 5.11 Å². The SMILES string of the molecule is COC(=O)C(C)NP.Oc1ccccc1. The van der Waals surface area contributed by atoms with Gasteiger partial charge in [0.1, 0.15) is 11.8 Å². The Bertz CT molecular complexity index is 279. The minimum Gasteiger partial charge on any atom is -0.508 e. The summed E-state index contributed by atoms with van der Waals surface area (Å²) in [6.45, 7) is 1.72. The van der Waals surface area contributed by atoms with Crippen molar-refractivity contribution in [1.29, 1.82) is 0 Å². The summed E-state index contributed by atoms with van der Waals surface area (Å²) >= 11 is 0. The van der Waals surface area contributed by atoms with E-state index < -0.39 is 0 Å². The van der Waals surface area contributed by atoms with E-state index in [0.29, 0.717) is 5.75 Å². The largest absolute Gasteiger partial charge is 0.508 e. The van der Waals surface area contributed by atoms with Crippen molar-refractivity contribution in [3.8, 4) is 5.75 Å². The molecule has 84 valence electrons. The molecule has 0 spiro atoms. The lowest BCUT2D eigenvalue weighted by Crippen LogP contribution is -2.27. The zero-order valence-electron chi connectivity index (χ0n) is 8.81. The van der Waals surface area contributed by atoms with Gasteiger partial charge in [-0.05, 0) is 19.1 Å². The van der Waals surface area contributed by atoms with Crippen molar-refractivity contribution < 1.29 is 14.6 Å². The molecule has 2 atom stereocenters. The number of methoxy groups -OCH3 is 1. The van der Waals surface area contributed by atoms with E-state index in [1.54, 1.807) is 31.2 Å². The van der Waals surface area contributed by atoms with E-state index in [-0.39, 0.29) is 12.0 Å². The maximum atomic E-state index is 10.4. The Hall–Kier alpha value is -1.12. The number of phenols is 1. The minimum absolute atomic E-state index is 0.231. The highest BCUT2D eigenvalue weighted by molar-refractivity contribution is 7.13. The number of esters is 1. The maximum absolute atomic E-state index is 10.4. The van der Waals surface area contributed by atoms with E-state index in [9.17, 15) is 4.79 Å². The first kappa shape index (κ1) is 13.9. The van der Waals surface area contributed by atoms with Crippen LogP contribution < -0.4 is 5.09 Å². The molecule has 0 aromatic heterocycles. The summed E-state index contributed by atoms with van der Waals surface area (Å²) in [6.07, 6.45) is 0. The lowest BCUT2D eigenvalue weighted by Gasteiger charge is -2.04. The van der Waals surface area contributed by atoms with Crippen molar-refractivity contribution in [3.05, 3.63) is 30.3 Å². The molecule has 0 bridgehead atoms. The highest BCUT2D eigenvalue weighted by Gasteiger charge is 2.07. The molecule has 0 saturated carbocycles. The Kier molecular flexibility index (Phi) is 7.60. The standard InChI is InChI=1S/C6H6O.C4H10NO2P/c7-6-4-2-1-3-5-6;1-3(5-8)4(6)7-2/h1-5,7H;3,5H,8H2,1-2H3. The third kappa shape index (κ3) is 6.89. The lowest BCUT2D eigenvalue weighted by atomic mass is 10.3. The number of phenolic OH excluding ortho intramolecular Hbond substituents is 1. The molecule has 0 radical (unpaired) electrons. The molecule has 1 aromatic carbocycles. The summed E-state index contributed by atoms with van der Waals surface area (Å²) < 4.78 is 4.39. The highest BCUT2D eigenvalue weighted by atomic mass is 31.0. The molecule has 0 saturated heterocycles. The number of benzene rings is 1. The van der Waals surface area contributed by atoms with Gasteiger partial charge in [-0.25, -0.2) is 0 Å². The van der Waals surface area contributed by atoms with Crippen LogP contribution >= 0.6 is 9.39 Å². The number of hydrogen-bond donors (Lipinski definition) is 2. The van der Waals surface area contributed by atoms with Crippen LogP contribution in [0.4, 0.5) is 0 Å². The van der Waals surface area contributed by atoms with Gasteiger partial charge in [0.15, 0.2) is 0 Å². The molecule has 2 N–H and O–H groups in total. The second kappa shape index (κ2) is 8.21. The maximum Gasteiger partial charge on any atom is 0.322 e. The summed E-state index contributed by atoms with van der Waals surface area (Å²) in [5.74, 6) is 0.0718. The molecule has 2 unspecified atom stereocenters. The number of rotatable bonds is 2. The molecular weight excluding hydrogens is 213 g/mol. The summed E-state index contributed by atoms with van der Waals surface area (Å²) in [5, 5.41) is 11.3. The fraction of sp³-hybridized carbons (Fsp3) is 0.300. The molecule has 4 nitrogen and oxygen atoms in total. The smallest absolute Gasteiger partial charge is 0.322 e. The van der Waals surface area contributed by atoms with Crippen LogP contribution in [-0.4, -0.2) is 24.2 Å². The first-order valence-corrected chi connectivity index (χ1v) is 4.97. The van der Waals surface area contributed by atoms with Gasteiger partial charge in [-0.3, -0.25) is 9.88 Å². The van der Waals surface area contributed by atoms with Gasteiger partial charge in [0.25, 0.3) is 0 Å². The first-order chi connectivity index (χ1) is 7.11. The normalized spacial score (nSPS) is 10.9. The van der Waals surface area contributed by atoms with Crippen molar-refractivity contribution in [1.82, 2.24) is 5.09 Å². The number of para-hydroxylation sites is 1. The van der Waals surface area contributed by atoms with Crippen LogP contribution in [0, 0.1) is 0 Å². The second-order valence-corrected chi connectivity index (χ2v) is 3.08. The Morgan fingerprint density at radius 3 is 2.20 bits per heavy atom. The van der Waals surface area contributed by atoms with E-state index in [1.807, 2.05) is 6.07 Å². The number of hydrogen-bond acceptors (Lipinski definition) is 4. The molecule has 0 fully saturated rings. The summed E-state index contributed by atoms with van der Waals surface area (Å²) in [6, 6.07) is 8.48. The van der Waals surface area contributed by atoms with Crippen molar-refractivity contribution in [2.75, 3.05) is 7.11 Å². The van der Waals surface area contributed by atoms with Crippen LogP contribution in [0.15, 0.2) is 30.3 Å². The van der Waals surface area contributed by atoms with Gasteiger partial charge in [0.05, 0.1) is 7.11 Å². The van der Waals surface area contributed by atoms with Crippen molar-refractivity contribution in [3.63, 3.8) is 0 Å². The minimum atomic E-state index is -0.250. The molecule has 15 heavy (non-hydrogen) atoms. The Morgan fingerprint density at radius 1 is 1.47 bits per heavy atom. The second-order valence-electron chi connectivity index (χ2n) is 2.75. The Labute approximate surface area is 91.9 Å². The lowest BCUT2D eigenvalue weighted by molar-refractivity contribution is -0.142. The average Bonchev–Trinajstić information content (AvgIpc) is 2.29. The van der Waals surface area contributed by atoms with Crippen LogP contribution in [-0.2, 0) is 9.53 Å². The fourth-order valence-corrected chi connectivity index (χ4v) is 0.809. The summed E-state index contributed by atoms with van der Waals surface area (Å²) in [4.78, 5) is 10.4. The molecule has 5 heteroatoms. The topological polar surface area (TPSA) is 58.6 Å². The molecule has 0 aliphatic carbocycles. The van der Waals surface area contributed by atoms with Gasteiger partial charge in [0.2, 0.25) is 0 Å². The van der Waals surface area contributed by atoms with Crippen molar-refractivity contribution in [2.45, 2.75) is 13.0 Å². The number of carbonyl (C=O) groups excluding carboxylic acids is 1. The van der Waals surface area contributed by atoms with E-state index >= 15 is 0 Å². The van der Waals surface area contributed by atoms with Crippen LogP contribution in [0.3, 0.4) is 0 Å². The molecule has 0 aliphatic rings. The third-order valence-electron chi connectivity index (χ3n) is 1.56. The highest BCUT2D eigenvalue weighted by Crippen LogP contribution is 2.02. The van der Waals surface area contributed by atoms with Gasteiger partial charge in [-0.2, -0.15) is 0 Å². The molecule has 0 amide bonds. The zero-order chi connectivity index (χ0) is 11.7. The van der Waals surface area contributed by atoms with Crippen LogP contribution in [0.2, 0.25) is 0 Å². The molecule has 1 aromatic rings. The van der Waals surface area contributed by atoms with Crippen LogP contribution in [0.1, 0.15) is 6.92 Å². The zero-order valence-corrected chi connectivity index (χ0v) is 9.96. The molecule has 1 rings (SSSR count). The fourth-order valence-electron chi connectivity index (χ4n) is 0.673. The number of aromatic hydroxyl groups is 1. The van der Waals surface area contributed by atoms with E-state index in [2.05, 4.69) is 19.2 Å². The van der Waals surface area contributed by atoms with Crippen LogP contribution in [0.25, 0.3) is 0 Å². The Morgan fingerprint density at radius 2 is 2.00 bits per heavy atom. The Balaban J connectivity index is 0.000000262. The van der Waals surface area contributed by atoms with Gasteiger partial charge in [-0.15, -0.1) is 0 Å². The number of ether oxygens (including phenoxy) is 1. The molecular formula is C10H16NO3P. The van der Waals surface area contributed by atoms with Gasteiger partial charge >= 0.3 is 5.97 Å². The van der Waals surface area contributed by atoms with Gasteiger partial charge in [0, 0.05) is 0 Å². The van der Waals surface area contributed by atoms with Gasteiger partial charge in [-0.1, -0.05) is 27.6 Å². The monoisotopic (exact) mass is 229 g/mol. The first-order valence-electron chi connectivity index (χ1n) is 4.39. The third-order valence-corrected chi connectivity index (χ3v) is 2.06. The van der Waals surface area contributed by atoms with E-state index in [0.717, 1.165) is 0 Å². The number of carbonyl (C=O) groups is 1.